The Kier molecular flexibility index (Phi) is 4.54. The zero-order valence-electron chi connectivity index (χ0n) is 12.2. The summed E-state index contributed by atoms with van der Waals surface area (Å²) in [5.74, 6) is 0. The van der Waals surface area contributed by atoms with E-state index < -0.39 is 11.7 Å². The summed E-state index contributed by atoms with van der Waals surface area (Å²) in [5, 5.41) is 4.09. The molecule has 118 valence electrons. The van der Waals surface area contributed by atoms with Crippen molar-refractivity contribution in [2.24, 2.45) is 0 Å². The van der Waals surface area contributed by atoms with Crippen molar-refractivity contribution >= 4 is 12.0 Å². The van der Waals surface area contributed by atoms with Crippen LogP contribution in [0.5, 0.6) is 0 Å². The van der Waals surface area contributed by atoms with Crippen LogP contribution in [0, 0.1) is 0 Å². The minimum atomic E-state index is -4.34. The van der Waals surface area contributed by atoms with Crippen LogP contribution in [0.4, 0.5) is 18.9 Å². The lowest BCUT2D eigenvalue weighted by atomic mass is 10.2. The van der Waals surface area contributed by atoms with Crippen molar-refractivity contribution < 1.29 is 18.0 Å². The van der Waals surface area contributed by atoms with E-state index in [4.69, 9.17) is 0 Å². The minimum Gasteiger partial charge on any atom is -0.372 e. The van der Waals surface area contributed by atoms with E-state index in [0.717, 1.165) is 18.4 Å². The molecule has 2 rings (SSSR count). The monoisotopic (exact) mass is 311 g/mol. The third-order valence-electron chi connectivity index (χ3n) is 3.41. The number of benzene rings is 1. The van der Waals surface area contributed by atoms with Gasteiger partial charge in [0.25, 0.3) is 0 Å². The van der Waals surface area contributed by atoms with Crippen LogP contribution in [0.15, 0.2) is 36.5 Å². The molecule has 0 aliphatic carbocycles. The molecule has 1 heterocycles. The van der Waals surface area contributed by atoms with Crippen LogP contribution >= 0.6 is 0 Å². The van der Waals surface area contributed by atoms with E-state index in [2.05, 4.69) is 5.10 Å². The van der Waals surface area contributed by atoms with E-state index in [0.29, 0.717) is 17.9 Å². The molecule has 0 radical (unpaired) electrons. The molecule has 0 saturated carbocycles. The van der Waals surface area contributed by atoms with E-state index >= 15 is 0 Å². The highest BCUT2D eigenvalue weighted by atomic mass is 19.4. The maximum absolute atomic E-state index is 12.5. The summed E-state index contributed by atoms with van der Waals surface area (Å²) in [6.07, 6.45) is -2.07. The number of carbonyl (C=O) groups is 1. The molecule has 2 aromatic rings. The van der Waals surface area contributed by atoms with Gasteiger partial charge in [-0.15, -0.1) is 0 Å². The predicted octanol–water partition coefficient (Wildman–Crippen LogP) is 3.41. The van der Waals surface area contributed by atoms with Gasteiger partial charge >= 0.3 is 6.18 Å². The van der Waals surface area contributed by atoms with Gasteiger partial charge < -0.3 is 4.90 Å². The van der Waals surface area contributed by atoms with Crippen LogP contribution in [-0.4, -0.2) is 29.7 Å². The number of aldehydes is 1. The molecule has 0 spiro atoms. The van der Waals surface area contributed by atoms with Gasteiger partial charge in [0.2, 0.25) is 0 Å². The Balaban J connectivity index is 2.09. The van der Waals surface area contributed by atoms with Gasteiger partial charge in [0.1, 0.15) is 5.69 Å². The lowest BCUT2D eigenvalue weighted by Gasteiger charge is -2.24. The van der Waals surface area contributed by atoms with Crippen molar-refractivity contribution in [3.05, 3.63) is 47.8 Å². The first kappa shape index (κ1) is 16.1. The molecule has 1 atom stereocenters. The van der Waals surface area contributed by atoms with Gasteiger partial charge in [-0.1, -0.05) is 0 Å². The van der Waals surface area contributed by atoms with Gasteiger partial charge in [-0.25, -0.2) is 0 Å². The molecule has 0 aliphatic heterocycles. The zero-order chi connectivity index (χ0) is 16.3. The van der Waals surface area contributed by atoms with Crippen molar-refractivity contribution in [2.75, 3.05) is 18.5 Å². The second kappa shape index (κ2) is 6.21. The number of anilines is 1. The number of likely N-dealkylation sites (N-methyl/N-ethyl adjacent to an activating group) is 1. The van der Waals surface area contributed by atoms with Crippen molar-refractivity contribution in [3.8, 4) is 0 Å². The summed E-state index contributed by atoms with van der Waals surface area (Å²) >= 11 is 0. The van der Waals surface area contributed by atoms with E-state index in [1.807, 2.05) is 11.8 Å². The third-order valence-corrected chi connectivity index (χ3v) is 3.41. The Hall–Kier alpha value is -2.31. The van der Waals surface area contributed by atoms with Crippen molar-refractivity contribution in [2.45, 2.75) is 19.1 Å². The average molecular weight is 311 g/mol. The second-order valence-corrected chi connectivity index (χ2v) is 5.09. The number of alkyl halides is 3. The van der Waals surface area contributed by atoms with E-state index in [1.165, 1.54) is 12.1 Å². The highest BCUT2D eigenvalue weighted by molar-refractivity contribution is 5.71. The van der Waals surface area contributed by atoms with Gasteiger partial charge in [-0.2, -0.15) is 18.3 Å². The molecular formula is C15H16F3N3O. The largest absolute Gasteiger partial charge is 0.416 e. The number of hydrogen-bond donors (Lipinski definition) is 0. The van der Waals surface area contributed by atoms with Crippen molar-refractivity contribution in [3.63, 3.8) is 0 Å². The number of aromatic nitrogens is 2. The topological polar surface area (TPSA) is 38.1 Å². The molecule has 0 fully saturated rings. The molecular weight excluding hydrogens is 295 g/mol. The molecule has 0 N–H and O–H groups in total. The highest BCUT2D eigenvalue weighted by Gasteiger charge is 2.30. The summed E-state index contributed by atoms with van der Waals surface area (Å²) in [6, 6.07) is 6.49. The Morgan fingerprint density at radius 2 is 1.91 bits per heavy atom. The van der Waals surface area contributed by atoms with Gasteiger partial charge in [-0.3, -0.25) is 9.48 Å². The summed E-state index contributed by atoms with van der Waals surface area (Å²) in [5.41, 5.74) is 0.459. The Morgan fingerprint density at radius 3 is 2.45 bits per heavy atom. The summed E-state index contributed by atoms with van der Waals surface area (Å²) in [4.78, 5) is 12.7. The quantitative estimate of drug-likeness (QED) is 0.794. The summed E-state index contributed by atoms with van der Waals surface area (Å²) < 4.78 is 39.2. The molecule has 1 unspecified atom stereocenters. The zero-order valence-corrected chi connectivity index (χ0v) is 12.2. The minimum absolute atomic E-state index is 0.0949. The van der Waals surface area contributed by atoms with Crippen LogP contribution in [-0.2, 0) is 6.18 Å². The lowest BCUT2D eigenvalue weighted by molar-refractivity contribution is -0.137. The Bertz CT molecular complexity index is 634. The normalized spacial score (nSPS) is 13.0. The number of hydrogen-bond acceptors (Lipinski definition) is 3. The first-order valence-electron chi connectivity index (χ1n) is 6.70. The van der Waals surface area contributed by atoms with E-state index in [1.54, 1.807) is 24.0 Å². The Labute approximate surface area is 126 Å². The molecule has 22 heavy (non-hydrogen) atoms. The van der Waals surface area contributed by atoms with E-state index in [-0.39, 0.29) is 6.04 Å². The van der Waals surface area contributed by atoms with Crippen LogP contribution in [0.2, 0.25) is 0 Å². The number of halogens is 3. The molecule has 7 heteroatoms. The molecule has 1 aromatic heterocycles. The predicted molar refractivity (Wildman–Crippen MR) is 77.0 cm³/mol. The van der Waals surface area contributed by atoms with Gasteiger partial charge in [0.05, 0.1) is 11.6 Å². The first-order chi connectivity index (χ1) is 10.3. The number of nitrogens with zero attached hydrogens (tertiary/aromatic N) is 3. The summed E-state index contributed by atoms with van der Waals surface area (Å²) in [6.45, 7) is 2.40. The first-order valence-corrected chi connectivity index (χ1v) is 6.70. The molecule has 0 bridgehead atoms. The highest BCUT2D eigenvalue weighted by Crippen LogP contribution is 2.30. The second-order valence-electron chi connectivity index (χ2n) is 5.09. The smallest absolute Gasteiger partial charge is 0.372 e. The SMILES string of the molecule is CC(CN(C)c1ccc(C(F)(F)F)cc1)n1nccc1C=O. The maximum Gasteiger partial charge on any atom is 0.416 e. The van der Waals surface area contributed by atoms with Crippen LogP contribution < -0.4 is 4.90 Å². The van der Waals surface area contributed by atoms with Gasteiger partial charge in [0.15, 0.2) is 6.29 Å². The third kappa shape index (κ3) is 3.47. The van der Waals surface area contributed by atoms with Gasteiger partial charge in [0, 0.05) is 25.5 Å². The van der Waals surface area contributed by atoms with E-state index in [9.17, 15) is 18.0 Å². The molecule has 0 saturated heterocycles. The van der Waals surface area contributed by atoms with Crippen LogP contribution in [0.1, 0.15) is 29.0 Å². The standard InChI is InChI=1S/C15H16F3N3O/c1-11(21-14(10-22)7-8-19-21)9-20(2)13-5-3-12(4-6-13)15(16,17)18/h3-8,10-11H,9H2,1-2H3. The fourth-order valence-electron chi connectivity index (χ4n) is 2.27. The van der Waals surface area contributed by atoms with Crippen molar-refractivity contribution in [1.29, 1.82) is 0 Å². The molecule has 0 aliphatic rings. The average Bonchev–Trinajstić information content (AvgIpc) is 2.95. The number of carbonyl (C=O) groups excluding carboxylic acids is 1. The van der Waals surface area contributed by atoms with Crippen LogP contribution in [0.3, 0.4) is 0 Å². The fourth-order valence-corrected chi connectivity index (χ4v) is 2.27. The summed E-state index contributed by atoms with van der Waals surface area (Å²) in [7, 11) is 1.78. The maximum atomic E-state index is 12.5. The fraction of sp³-hybridized carbons (Fsp3) is 0.333. The lowest BCUT2D eigenvalue weighted by Crippen LogP contribution is -2.27. The molecule has 1 aromatic carbocycles. The van der Waals surface area contributed by atoms with Gasteiger partial charge in [-0.05, 0) is 37.3 Å². The molecule has 0 amide bonds. The van der Waals surface area contributed by atoms with Crippen LogP contribution in [0.25, 0.3) is 0 Å². The Morgan fingerprint density at radius 1 is 1.27 bits per heavy atom. The van der Waals surface area contributed by atoms with Crippen molar-refractivity contribution in [1.82, 2.24) is 9.78 Å². The number of rotatable bonds is 5. The molecule has 4 nitrogen and oxygen atoms in total.